The fourth-order valence-electron chi connectivity index (χ4n) is 8.37. The minimum absolute atomic E-state index is 0.108. The molecular weight excluding hydrogens is 665 g/mol. The van der Waals surface area contributed by atoms with E-state index in [1.807, 2.05) is 24.3 Å². The fourth-order valence-corrected chi connectivity index (χ4v) is 8.37. The average molecular weight is 703 g/mol. The smallest absolute Gasteiger partial charge is 0.160 e. The Morgan fingerprint density at radius 2 is 0.855 bits per heavy atom. The average Bonchev–Trinajstić information content (AvgIpc) is 3.48. The molecule has 0 N–H and O–H groups in total. The van der Waals surface area contributed by atoms with Crippen LogP contribution in [0.2, 0.25) is 0 Å². The summed E-state index contributed by atoms with van der Waals surface area (Å²) >= 11 is 0. The third-order valence-corrected chi connectivity index (χ3v) is 11.3. The Bertz CT molecular complexity index is 2830. The molecule has 0 saturated heterocycles. The van der Waals surface area contributed by atoms with Gasteiger partial charge in [-0.15, -0.1) is 0 Å². The lowest BCUT2D eigenvalue weighted by atomic mass is 9.80. The van der Waals surface area contributed by atoms with E-state index in [0.717, 1.165) is 39.2 Å². The van der Waals surface area contributed by atoms with Crippen molar-refractivity contribution < 1.29 is 0 Å². The Hall–Kier alpha value is -6.90. The van der Waals surface area contributed by atoms with Crippen molar-refractivity contribution in [2.45, 2.75) is 19.3 Å². The van der Waals surface area contributed by atoms with E-state index in [-0.39, 0.29) is 5.41 Å². The largest absolute Gasteiger partial charge is 0.228 e. The summed E-state index contributed by atoms with van der Waals surface area (Å²) in [5.74, 6) is 0.715. The van der Waals surface area contributed by atoms with Crippen molar-refractivity contribution >= 4 is 10.8 Å². The van der Waals surface area contributed by atoms with E-state index in [0.29, 0.717) is 5.82 Å². The monoisotopic (exact) mass is 702 g/mol. The SMILES string of the molecule is CC1(C)c2ccccc2-c2cc(-c3ccc4ccccc4c3)c(-c3cccc(-c4cccc(-c5cc(-c6ccccc6)nc(-c6ccccc6)n5)c4)c3)cc21. The van der Waals surface area contributed by atoms with Crippen molar-refractivity contribution in [2.75, 3.05) is 0 Å². The molecule has 0 aliphatic heterocycles. The third kappa shape index (κ3) is 5.84. The van der Waals surface area contributed by atoms with Crippen LogP contribution in [0, 0.1) is 0 Å². The predicted octanol–water partition coefficient (Wildman–Crippen LogP) is 13.9. The summed E-state index contributed by atoms with van der Waals surface area (Å²) in [6.45, 7) is 4.72. The van der Waals surface area contributed by atoms with Crippen LogP contribution in [0.1, 0.15) is 25.0 Å². The molecule has 1 aliphatic carbocycles. The molecule has 1 aromatic heterocycles. The van der Waals surface area contributed by atoms with Gasteiger partial charge >= 0.3 is 0 Å². The highest BCUT2D eigenvalue weighted by atomic mass is 14.9. The van der Waals surface area contributed by atoms with E-state index >= 15 is 0 Å². The number of aromatic nitrogens is 2. The van der Waals surface area contributed by atoms with Crippen molar-refractivity contribution in [3.8, 4) is 78.4 Å². The van der Waals surface area contributed by atoms with Crippen LogP contribution < -0.4 is 0 Å². The van der Waals surface area contributed by atoms with Crippen molar-refractivity contribution in [3.63, 3.8) is 0 Å². The van der Waals surface area contributed by atoms with Gasteiger partial charge < -0.3 is 0 Å². The van der Waals surface area contributed by atoms with Crippen molar-refractivity contribution in [3.05, 3.63) is 205 Å². The molecule has 1 aliphatic rings. The van der Waals surface area contributed by atoms with Gasteiger partial charge in [0.05, 0.1) is 11.4 Å². The molecule has 55 heavy (non-hydrogen) atoms. The normalized spacial score (nSPS) is 12.7. The Morgan fingerprint density at radius 3 is 1.62 bits per heavy atom. The summed E-state index contributed by atoms with van der Waals surface area (Å²) in [5, 5.41) is 2.49. The molecular formula is C53H38N2. The number of benzene rings is 8. The lowest BCUT2D eigenvalue weighted by Gasteiger charge is -2.23. The Morgan fingerprint density at radius 1 is 0.309 bits per heavy atom. The second kappa shape index (κ2) is 13.2. The first kappa shape index (κ1) is 32.7. The number of hydrogen-bond donors (Lipinski definition) is 0. The van der Waals surface area contributed by atoms with Gasteiger partial charge in [0, 0.05) is 22.1 Å². The standard InChI is InChI=1S/C53H38N2/c1-53(2)48-26-12-11-25-44(48)47-32-45(42-28-27-35-15-9-10-20-38(35)29-42)46(33-49(47)53)41-23-13-21-39(30-41)40-22-14-24-43(31-40)51-34-50(36-16-5-3-6-17-36)54-52(55-51)37-18-7-4-8-19-37/h3-34H,1-2H3. The highest BCUT2D eigenvalue weighted by Crippen LogP contribution is 2.52. The van der Waals surface area contributed by atoms with Gasteiger partial charge in [-0.05, 0) is 103 Å². The molecule has 1 heterocycles. The topological polar surface area (TPSA) is 25.8 Å². The van der Waals surface area contributed by atoms with E-state index in [1.165, 1.54) is 55.3 Å². The molecule has 0 unspecified atom stereocenters. The highest BCUT2D eigenvalue weighted by molar-refractivity contribution is 5.96. The summed E-state index contributed by atoms with van der Waals surface area (Å²) in [4.78, 5) is 10.1. The van der Waals surface area contributed by atoms with Crippen LogP contribution >= 0.6 is 0 Å². The zero-order chi connectivity index (χ0) is 36.9. The third-order valence-electron chi connectivity index (χ3n) is 11.3. The minimum atomic E-state index is -0.108. The van der Waals surface area contributed by atoms with Crippen LogP contribution in [-0.2, 0) is 5.41 Å². The second-order valence-corrected chi connectivity index (χ2v) is 15.0. The summed E-state index contributed by atoms with van der Waals surface area (Å²) in [6.07, 6.45) is 0. The molecule has 260 valence electrons. The Labute approximate surface area is 322 Å². The van der Waals surface area contributed by atoms with Gasteiger partial charge in [-0.3, -0.25) is 0 Å². The quantitative estimate of drug-likeness (QED) is 0.172. The maximum absolute atomic E-state index is 5.12. The van der Waals surface area contributed by atoms with Gasteiger partial charge in [-0.1, -0.05) is 172 Å². The molecule has 0 spiro atoms. The van der Waals surface area contributed by atoms with Crippen LogP contribution in [0.4, 0.5) is 0 Å². The molecule has 9 aromatic rings. The van der Waals surface area contributed by atoms with E-state index in [4.69, 9.17) is 9.97 Å². The summed E-state index contributed by atoms with van der Waals surface area (Å²) in [7, 11) is 0. The zero-order valence-corrected chi connectivity index (χ0v) is 30.9. The van der Waals surface area contributed by atoms with Gasteiger partial charge in [-0.25, -0.2) is 9.97 Å². The first-order valence-electron chi connectivity index (χ1n) is 19.0. The Balaban J connectivity index is 1.11. The van der Waals surface area contributed by atoms with Gasteiger partial charge in [0.2, 0.25) is 0 Å². The highest BCUT2D eigenvalue weighted by Gasteiger charge is 2.36. The Kier molecular flexibility index (Phi) is 7.85. The van der Waals surface area contributed by atoms with Crippen molar-refractivity contribution in [2.24, 2.45) is 0 Å². The van der Waals surface area contributed by atoms with Gasteiger partial charge in [-0.2, -0.15) is 0 Å². The van der Waals surface area contributed by atoms with Crippen LogP contribution in [-0.4, -0.2) is 9.97 Å². The van der Waals surface area contributed by atoms with Crippen LogP contribution in [0.5, 0.6) is 0 Å². The summed E-state index contributed by atoms with van der Waals surface area (Å²) in [5.41, 5.74) is 17.4. The van der Waals surface area contributed by atoms with Gasteiger partial charge in [0.25, 0.3) is 0 Å². The molecule has 0 bridgehead atoms. The maximum atomic E-state index is 5.12. The maximum Gasteiger partial charge on any atom is 0.160 e. The van der Waals surface area contributed by atoms with Crippen LogP contribution in [0.3, 0.4) is 0 Å². The minimum Gasteiger partial charge on any atom is -0.228 e. The molecule has 10 rings (SSSR count). The molecule has 2 nitrogen and oxygen atoms in total. The molecule has 0 radical (unpaired) electrons. The first-order chi connectivity index (χ1) is 27.0. The molecule has 8 aromatic carbocycles. The summed E-state index contributed by atoms with van der Waals surface area (Å²) < 4.78 is 0. The number of rotatable bonds is 6. The molecule has 0 atom stereocenters. The van der Waals surface area contributed by atoms with Gasteiger partial charge in [0.15, 0.2) is 5.82 Å². The van der Waals surface area contributed by atoms with E-state index in [9.17, 15) is 0 Å². The van der Waals surface area contributed by atoms with Crippen molar-refractivity contribution in [1.82, 2.24) is 9.97 Å². The fraction of sp³-hybridized carbons (Fsp3) is 0.0566. The number of hydrogen-bond acceptors (Lipinski definition) is 2. The second-order valence-electron chi connectivity index (χ2n) is 15.0. The molecule has 2 heteroatoms. The number of nitrogens with zero attached hydrogens (tertiary/aromatic N) is 2. The first-order valence-corrected chi connectivity index (χ1v) is 19.0. The van der Waals surface area contributed by atoms with E-state index in [1.54, 1.807) is 0 Å². The molecule has 0 fully saturated rings. The van der Waals surface area contributed by atoms with E-state index in [2.05, 4.69) is 184 Å². The molecule has 0 amide bonds. The molecule has 0 saturated carbocycles. The number of fused-ring (bicyclic) bond motifs is 4. The zero-order valence-electron chi connectivity index (χ0n) is 30.9. The summed E-state index contributed by atoms with van der Waals surface area (Å²) in [6, 6.07) is 69.8. The predicted molar refractivity (Wildman–Crippen MR) is 230 cm³/mol. The van der Waals surface area contributed by atoms with Crippen LogP contribution in [0.15, 0.2) is 194 Å². The lowest BCUT2D eigenvalue weighted by molar-refractivity contribution is 0.660. The van der Waals surface area contributed by atoms with E-state index < -0.39 is 0 Å². The van der Waals surface area contributed by atoms with Crippen molar-refractivity contribution in [1.29, 1.82) is 0 Å². The lowest BCUT2D eigenvalue weighted by Crippen LogP contribution is -2.15. The van der Waals surface area contributed by atoms with Gasteiger partial charge in [0.1, 0.15) is 0 Å². The van der Waals surface area contributed by atoms with Crippen LogP contribution in [0.25, 0.3) is 89.2 Å².